The van der Waals surface area contributed by atoms with Gasteiger partial charge in [-0.2, -0.15) is 4.31 Å². The van der Waals surface area contributed by atoms with Crippen LogP contribution >= 0.6 is 15.9 Å². The van der Waals surface area contributed by atoms with Gasteiger partial charge in [-0.15, -0.1) is 0 Å². The smallest absolute Gasteiger partial charge is 0.245 e. The molecule has 0 amide bonds. The maximum atomic E-state index is 12.7. The molecule has 2 fully saturated rings. The number of piperazine rings is 1. The summed E-state index contributed by atoms with van der Waals surface area (Å²) in [5.41, 5.74) is 6.15. The van der Waals surface area contributed by atoms with Gasteiger partial charge in [-0.1, -0.05) is 15.9 Å². The number of anilines is 1. The molecule has 0 atom stereocenters. The molecule has 0 unspecified atom stereocenters. The Morgan fingerprint density at radius 2 is 1.86 bits per heavy atom. The number of rotatable bonds is 4. The predicted molar refractivity (Wildman–Crippen MR) is 86.5 cm³/mol. The van der Waals surface area contributed by atoms with Crippen LogP contribution in [0.15, 0.2) is 27.6 Å². The van der Waals surface area contributed by atoms with E-state index in [1.165, 1.54) is 12.8 Å². The van der Waals surface area contributed by atoms with Crippen LogP contribution < -0.4 is 5.73 Å². The van der Waals surface area contributed by atoms with Gasteiger partial charge in [-0.25, -0.2) is 8.42 Å². The van der Waals surface area contributed by atoms with Gasteiger partial charge in [0.25, 0.3) is 0 Å². The Balaban J connectivity index is 1.72. The molecular weight excluding hydrogens is 354 g/mol. The zero-order valence-corrected chi connectivity index (χ0v) is 14.2. The fourth-order valence-electron chi connectivity index (χ4n) is 2.69. The van der Waals surface area contributed by atoms with Gasteiger partial charge in [-0.3, -0.25) is 0 Å². The summed E-state index contributed by atoms with van der Waals surface area (Å²) in [6.45, 7) is 3.82. The second-order valence-corrected chi connectivity index (χ2v) is 8.65. The number of nitrogen functional groups attached to an aromatic ring is 1. The van der Waals surface area contributed by atoms with Crippen molar-refractivity contribution in [2.24, 2.45) is 5.92 Å². The molecule has 0 aromatic heterocycles. The molecule has 1 aromatic rings. The Morgan fingerprint density at radius 1 is 1.19 bits per heavy atom. The molecule has 0 radical (unpaired) electrons. The number of sulfonamides is 1. The van der Waals surface area contributed by atoms with E-state index in [0.717, 1.165) is 30.0 Å². The summed E-state index contributed by atoms with van der Waals surface area (Å²) >= 11 is 3.31. The molecule has 5 nitrogen and oxygen atoms in total. The Kier molecular flexibility index (Phi) is 4.27. The molecule has 1 saturated carbocycles. The highest BCUT2D eigenvalue weighted by Crippen LogP contribution is 2.31. The number of nitrogens with zero attached hydrogens (tertiary/aromatic N) is 2. The summed E-state index contributed by atoms with van der Waals surface area (Å²) in [6.07, 6.45) is 2.65. The van der Waals surface area contributed by atoms with Gasteiger partial charge < -0.3 is 10.6 Å². The van der Waals surface area contributed by atoms with Gasteiger partial charge in [0.1, 0.15) is 4.90 Å². The standard InChI is InChI=1S/C14H20BrN3O2S/c15-12-3-4-13(16)14(9-12)21(19,20)18-7-5-17(6-8-18)10-11-1-2-11/h3-4,9,11H,1-2,5-8,10,16H2. The third-order valence-electron chi connectivity index (χ3n) is 4.14. The van der Waals surface area contributed by atoms with Gasteiger partial charge in [0.2, 0.25) is 10.0 Å². The fraction of sp³-hybridized carbons (Fsp3) is 0.571. The van der Waals surface area contributed by atoms with Crippen LogP contribution in [0, 0.1) is 5.92 Å². The van der Waals surface area contributed by atoms with Crippen LogP contribution in [-0.2, 0) is 10.0 Å². The van der Waals surface area contributed by atoms with E-state index in [0.29, 0.717) is 18.8 Å². The lowest BCUT2D eigenvalue weighted by Gasteiger charge is -2.34. The van der Waals surface area contributed by atoms with Crippen molar-refractivity contribution < 1.29 is 8.42 Å². The predicted octanol–water partition coefficient (Wildman–Crippen LogP) is 1.75. The molecule has 2 aliphatic rings. The van der Waals surface area contributed by atoms with Crippen molar-refractivity contribution >= 4 is 31.6 Å². The average molecular weight is 374 g/mol. The van der Waals surface area contributed by atoms with E-state index in [1.807, 2.05) is 0 Å². The lowest BCUT2D eigenvalue weighted by Crippen LogP contribution is -2.49. The highest BCUT2D eigenvalue weighted by atomic mass is 79.9. The number of hydrogen-bond donors (Lipinski definition) is 1. The maximum Gasteiger partial charge on any atom is 0.245 e. The summed E-state index contributed by atoms with van der Waals surface area (Å²) in [5.74, 6) is 0.842. The molecule has 0 spiro atoms. The van der Waals surface area contributed by atoms with Crippen LogP contribution in [0.4, 0.5) is 5.69 Å². The monoisotopic (exact) mass is 373 g/mol. The molecule has 3 rings (SSSR count). The Bertz CT molecular complexity index is 623. The van der Waals surface area contributed by atoms with Crippen LogP contribution in [0.1, 0.15) is 12.8 Å². The number of halogens is 1. The first-order valence-corrected chi connectivity index (χ1v) is 9.47. The van der Waals surface area contributed by atoms with Gasteiger partial charge >= 0.3 is 0 Å². The fourth-order valence-corrected chi connectivity index (χ4v) is 4.77. The van der Waals surface area contributed by atoms with Gasteiger partial charge in [0.15, 0.2) is 0 Å². The zero-order chi connectivity index (χ0) is 15.0. The average Bonchev–Trinajstić information content (AvgIpc) is 3.26. The van der Waals surface area contributed by atoms with Crippen molar-refractivity contribution in [3.05, 3.63) is 22.7 Å². The quantitative estimate of drug-likeness (QED) is 0.816. The molecule has 1 aromatic carbocycles. The van der Waals surface area contributed by atoms with E-state index in [1.54, 1.807) is 22.5 Å². The minimum Gasteiger partial charge on any atom is -0.398 e. The molecule has 1 saturated heterocycles. The Morgan fingerprint density at radius 3 is 2.48 bits per heavy atom. The second kappa shape index (κ2) is 5.87. The van der Waals surface area contributed by atoms with Crippen molar-refractivity contribution in [2.75, 3.05) is 38.5 Å². The highest BCUT2D eigenvalue weighted by molar-refractivity contribution is 9.10. The van der Waals surface area contributed by atoms with Crippen LogP contribution in [0.5, 0.6) is 0 Å². The van der Waals surface area contributed by atoms with Crippen LogP contribution in [-0.4, -0.2) is 50.3 Å². The molecule has 1 aliphatic carbocycles. The lowest BCUT2D eigenvalue weighted by molar-refractivity contribution is 0.182. The third-order valence-corrected chi connectivity index (χ3v) is 6.59. The summed E-state index contributed by atoms with van der Waals surface area (Å²) in [6, 6.07) is 4.96. The van der Waals surface area contributed by atoms with Crippen LogP contribution in [0.3, 0.4) is 0 Å². The summed E-state index contributed by atoms with van der Waals surface area (Å²) < 4.78 is 27.7. The van der Waals surface area contributed by atoms with E-state index in [4.69, 9.17) is 5.73 Å². The van der Waals surface area contributed by atoms with E-state index in [2.05, 4.69) is 20.8 Å². The SMILES string of the molecule is Nc1ccc(Br)cc1S(=O)(=O)N1CCN(CC2CC2)CC1. The molecule has 7 heteroatoms. The largest absolute Gasteiger partial charge is 0.398 e. The van der Waals surface area contributed by atoms with E-state index in [-0.39, 0.29) is 4.90 Å². The molecule has 0 bridgehead atoms. The van der Waals surface area contributed by atoms with E-state index >= 15 is 0 Å². The molecule has 116 valence electrons. The van der Waals surface area contributed by atoms with Gasteiger partial charge in [0.05, 0.1) is 5.69 Å². The van der Waals surface area contributed by atoms with E-state index in [9.17, 15) is 8.42 Å². The first kappa shape index (κ1) is 15.3. The van der Waals surface area contributed by atoms with Crippen molar-refractivity contribution in [1.29, 1.82) is 0 Å². The topological polar surface area (TPSA) is 66.6 Å². The van der Waals surface area contributed by atoms with Crippen molar-refractivity contribution in [3.8, 4) is 0 Å². The molecular formula is C14H20BrN3O2S. The zero-order valence-electron chi connectivity index (χ0n) is 11.8. The van der Waals surface area contributed by atoms with Gasteiger partial charge in [-0.05, 0) is 37.0 Å². The first-order valence-electron chi connectivity index (χ1n) is 7.24. The number of nitrogens with two attached hydrogens (primary N) is 1. The van der Waals surface area contributed by atoms with Crippen LogP contribution in [0.2, 0.25) is 0 Å². The molecule has 1 aliphatic heterocycles. The van der Waals surface area contributed by atoms with E-state index < -0.39 is 10.0 Å². The lowest BCUT2D eigenvalue weighted by atomic mass is 10.3. The van der Waals surface area contributed by atoms with Crippen molar-refractivity contribution in [3.63, 3.8) is 0 Å². The highest BCUT2D eigenvalue weighted by Gasteiger charge is 2.32. The van der Waals surface area contributed by atoms with Crippen LogP contribution in [0.25, 0.3) is 0 Å². The second-order valence-electron chi connectivity index (χ2n) is 5.83. The number of benzene rings is 1. The molecule has 21 heavy (non-hydrogen) atoms. The molecule has 2 N–H and O–H groups in total. The third kappa shape index (κ3) is 3.41. The summed E-state index contributed by atoms with van der Waals surface area (Å²) in [5, 5.41) is 0. The Labute approximate surface area is 134 Å². The van der Waals surface area contributed by atoms with Crippen molar-refractivity contribution in [2.45, 2.75) is 17.7 Å². The minimum atomic E-state index is -3.50. The molecule has 1 heterocycles. The van der Waals surface area contributed by atoms with Crippen molar-refractivity contribution in [1.82, 2.24) is 9.21 Å². The Hall–Kier alpha value is -0.630. The number of hydrogen-bond acceptors (Lipinski definition) is 4. The normalized spacial score (nSPS) is 21.6. The minimum absolute atomic E-state index is 0.201. The summed E-state index contributed by atoms with van der Waals surface area (Å²) in [7, 11) is -3.50. The van der Waals surface area contributed by atoms with Gasteiger partial charge in [0, 0.05) is 37.2 Å². The first-order chi connectivity index (χ1) is 9.96. The maximum absolute atomic E-state index is 12.7. The summed E-state index contributed by atoms with van der Waals surface area (Å²) in [4.78, 5) is 2.57.